The monoisotopic (exact) mass is 257 g/mol. The van der Waals surface area contributed by atoms with Gasteiger partial charge in [-0.1, -0.05) is 19.8 Å². The maximum absolute atomic E-state index is 9.57. The lowest BCUT2D eigenvalue weighted by molar-refractivity contribution is 0.190. The highest BCUT2D eigenvalue weighted by atomic mass is 32.2. The first-order chi connectivity index (χ1) is 8.11. The average molecular weight is 257 g/mol. The average Bonchev–Trinajstić information content (AvgIpc) is 3.11. The van der Waals surface area contributed by atoms with Crippen molar-refractivity contribution in [2.45, 2.75) is 69.2 Å². The molecule has 0 bridgehead atoms. The van der Waals surface area contributed by atoms with Gasteiger partial charge in [0.2, 0.25) is 0 Å². The summed E-state index contributed by atoms with van der Waals surface area (Å²) in [5.74, 6) is 1.95. The Bertz CT molecular complexity index is 244. The fraction of sp³-hybridized carbons (Fsp3) is 1.00. The van der Waals surface area contributed by atoms with E-state index in [0.29, 0.717) is 6.04 Å². The number of aliphatic hydroxyl groups is 1. The molecular weight excluding hydrogens is 230 g/mol. The Hall–Kier alpha value is 0.270. The number of hydrogen-bond acceptors (Lipinski definition) is 3. The smallest absolute Gasteiger partial charge is 0.0618 e. The molecule has 2 aliphatic rings. The lowest BCUT2D eigenvalue weighted by Crippen LogP contribution is -2.49. The largest absolute Gasteiger partial charge is 0.394 e. The molecule has 0 aromatic rings. The van der Waals surface area contributed by atoms with Crippen molar-refractivity contribution in [3.63, 3.8) is 0 Å². The zero-order valence-corrected chi connectivity index (χ0v) is 12.1. The normalized spacial score (nSPS) is 33.4. The van der Waals surface area contributed by atoms with Crippen molar-refractivity contribution in [1.82, 2.24) is 5.32 Å². The van der Waals surface area contributed by atoms with Gasteiger partial charge >= 0.3 is 0 Å². The fourth-order valence-electron chi connectivity index (χ4n) is 2.69. The van der Waals surface area contributed by atoms with Crippen LogP contribution in [0.25, 0.3) is 0 Å². The number of hydrogen-bond donors (Lipinski definition) is 2. The lowest BCUT2D eigenvalue weighted by atomic mass is 9.91. The molecule has 0 heterocycles. The molecule has 2 aliphatic carbocycles. The molecule has 0 aromatic carbocycles. The van der Waals surface area contributed by atoms with Crippen molar-refractivity contribution in [1.29, 1.82) is 0 Å². The first-order valence-electron chi connectivity index (χ1n) is 7.11. The molecule has 2 saturated carbocycles. The quantitative estimate of drug-likeness (QED) is 0.767. The van der Waals surface area contributed by atoms with Crippen molar-refractivity contribution in [2.24, 2.45) is 5.92 Å². The van der Waals surface area contributed by atoms with Gasteiger partial charge in [0, 0.05) is 22.6 Å². The highest BCUT2D eigenvalue weighted by molar-refractivity contribution is 8.00. The second-order valence-corrected chi connectivity index (χ2v) is 7.63. The molecule has 3 unspecified atom stereocenters. The van der Waals surface area contributed by atoms with Gasteiger partial charge in [0.05, 0.1) is 6.61 Å². The number of rotatable bonds is 6. The van der Waals surface area contributed by atoms with Crippen LogP contribution in [0.4, 0.5) is 0 Å². The van der Waals surface area contributed by atoms with Crippen molar-refractivity contribution < 1.29 is 5.11 Å². The summed E-state index contributed by atoms with van der Waals surface area (Å²) in [6, 6.07) is 0.679. The number of thioether (sulfide) groups is 1. The summed E-state index contributed by atoms with van der Waals surface area (Å²) >= 11 is 2.08. The van der Waals surface area contributed by atoms with E-state index in [1.165, 1.54) is 38.5 Å². The van der Waals surface area contributed by atoms with Gasteiger partial charge in [0.25, 0.3) is 0 Å². The van der Waals surface area contributed by atoms with Gasteiger partial charge in [-0.25, -0.2) is 0 Å². The van der Waals surface area contributed by atoms with E-state index in [1.807, 2.05) is 0 Å². The summed E-state index contributed by atoms with van der Waals surface area (Å²) in [7, 11) is 0. The predicted molar refractivity (Wildman–Crippen MR) is 75.5 cm³/mol. The minimum absolute atomic E-state index is 0.0630. The summed E-state index contributed by atoms with van der Waals surface area (Å²) in [4.78, 5) is 0. The Labute approximate surface area is 110 Å². The number of aliphatic hydroxyl groups excluding tert-OH is 1. The Balaban J connectivity index is 1.74. The molecule has 0 aliphatic heterocycles. The van der Waals surface area contributed by atoms with Crippen LogP contribution in [0.5, 0.6) is 0 Å². The van der Waals surface area contributed by atoms with Gasteiger partial charge in [0.1, 0.15) is 0 Å². The topological polar surface area (TPSA) is 32.3 Å². The Morgan fingerprint density at radius 3 is 2.65 bits per heavy atom. The molecule has 0 saturated heterocycles. The van der Waals surface area contributed by atoms with E-state index in [1.54, 1.807) is 0 Å². The van der Waals surface area contributed by atoms with E-state index in [9.17, 15) is 5.11 Å². The van der Waals surface area contributed by atoms with Crippen LogP contribution in [0.1, 0.15) is 52.4 Å². The molecule has 0 radical (unpaired) electrons. The molecule has 3 atom stereocenters. The third-order valence-corrected chi connectivity index (χ3v) is 5.71. The summed E-state index contributed by atoms with van der Waals surface area (Å²) in [6.45, 7) is 4.81. The van der Waals surface area contributed by atoms with Gasteiger partial charge in [-0.3, -0.25) is 0 Å². The lowest BCUT2D eigenvalue weighted by Gasteiger charge is -2.32. The van der Waals surface area contributed by atoms with E-state index >= 15 is 0 Å². The van der Waals surface area contributed by atoms with Crippen LogP contribution in [0.3, 0.4) is 0 Å². The van der Waals surface area contributed by atoms with Crippen LogP contribution in [-0.4, -0.2) is 34.3 Å². The first-order valence-corrected chi connectivity index (χ1v) is 8.16. The summed E-state index contributed by atoms with van der Waals surface area (Å²) in [6.07, 6.45) is 8.14. The molecule has 0 aromatic heterocycles. The van der Waals surface area contributed by atoms with Crippen LogP contribution in [0.15, 0.2) is 0 Å². The molecule has 2 N–H and O–H groups in total. The van der Waals surface area contributed by atoms with E-state index in [-0.39, 0.29) is 12.1 Å². The fourth-order valence-corrected chi connectivity index (χ4v) is 4.26. The van der Waals surface area contributed by atoms with Gasteiger partial charge in [-0.15, -0.1) is 0 Å². The summed E-state index contributed by atoms with van der Waals surface area (Å²) < 4.78 is 0. The van der Waals surface area contributed by atoms with Gasteiger partial charge in [0.15, 0.2) is 0 Å². The highest BCUT2D eigenvalue weighted by Crippen LogP contribution is 2.34. The van der Waals surface area contributed by atoms with Crippen molar-refractivity contribution in [3.05, 3.63) is 0 Å². The predicted octanol–water partition coefficient (Wildman–Crippen LogP) is 2.80. The van der Waals surface area contributed by atoms with Gasteiger partial charge in [-0.05, 0) is 38.5 Å². The molecule has 100 valence electrons. The van der Waals surface area contributed by atoms with Crippen molar-refractivity contribution >= 4 is 11.8 Å². The standard InChI is InChI=1S/C14H27NOS/c1-11-4-3-5-13(8-11)17-10-14(2,9-16)15-12-6-7-12/h11-13,15-16H,3-10H2,1-2H3. The maximum atomic E-state index is 9.57. The van der Waals surface area contributed by atoms with Crippen LogP contribution < -0.4 is 5.32 Å². The molecule has 0 amide bonds. The van der Waals surface area contributed by atoms with Crippen LogP contribution >= 0.6 is 11.8 Å². The Morgan fingerprint density at radius 2 is 2.06 bits per heavy atom. The van der Waals surface area contributed by atoms with Gasteiger partial charge in [-0.2, -0.15) is 11.8 Å². The van der Waals surface area contributed by atoms with Crippen LogP contribution in [-0.2, 0) is 0 Å². The van der Waals surface area contributed by atoms with E-state index < -0.39 is 0 Å². The van der Waals surface area contributed by atoms with Crippen molar-refractivity contribution in [2.75, 3.05) is 12.4 Å². The molecule has 17 heavy (non-hydrogen) atoms. The maximum Gasteiger partial charge on any atom is 0.0618 e. The number of nitrogens with one attached hydrogen (secondary N) is 1. The molecular formula is C14H27NOS. The summed E-state index contributed by atoms with van der Waals surface area (Å²) in [5, 5.41) is 14.0. The van der Waals surface area contributed by atoms with Crippen LogP contribution in [0.2, 0.25) is 0 Å². The molecule has 0 spiro atoms. The minimum atomic E-state index is -0.0630. The van der Waals surface area contributed by atoms with E-state index in [0.717, 1.165) is 16.9 Å². The first kappa shape index (κ1) is 13.7. The van der Waals surface area contributed by atoms with E-state index in [2.05, 4.69) is 30.9 Å². The zero-order valence-electron chi connectivity index (χ0n) is 11.2. The minimum Gasteiger partial charge on any atom is -0.394 e. The van der Waals surface area contributed by atoms with Crippen molar-refractivity contribution in [3.8, 4) is 0 Å². The Morgan fingerprint density at radius 1 is 1.29 bits per heavy atom. The molecule has 2 nitrogen and oxygen atoms in total. The third-order valence-electron chi connectivity index (χ3n) is 4.00. The molecule has 2 rings (SSSR count). The highest BCUT2D eigenvalue weighted by Gasteiger charge is 2.33. The molecule has 3 heteroatoms. The second-order valence-electron chi connectivity index (χ2n) is 6.34. The zero-order chi connectivity index (χ0) is 12.3. The summed E-state index contributed by atoms with van der Waals surface area (Å²) in [5.41, 5.74) is -0.0630. The molecule has 2 fully saturated rings. The van der Waals surface area contributed by atoms with E-state index in [4.69, 9.17) is 0 Å². The third kappa shape index (κ3) is 4.46. The Kier molecular flexibility index (Phi) is 4.79. The van der Waals surface area contributed by atoms with Crippen LogP contribution in [0, 0.1) is 5.92 Å². The van der Waals surface area contributed by atoms with Gasteiger partial charge < -0.3 is 10.4 Å². The SMILES string of the molecule is CC1CCCC(SCC(C)(CO)NC2CC2)C1. The second kappa shape index (κ2) is 5.94.